The average molecular weight is 82.1 g/mol. The second kappa shape index (κ2) is 1450. The molecule has 0 rings (SSSR count). The first-order valence-corrected chi connectivity index (χ1v) is 1.54. The minimum absolute atomic E-state index is 0.306. The number of rotatable bonds is 0. The maximum atomic E-state index is 7.14. The summed E-state index contributed by atoms with van der Waals surface area (Å²) >= 11 is 0. The SMILES string of the molecule is OO.O[SiH3]. The lowest BCUT2D eigenvalue weighted by molar-refractivity contribution is -0.176. The molecule has 0 saturated carbocycles. The Kier molecular flexibility index (Phi) is 3240. The lowest BCUT2D eigenvalue weighted by Crippen LogP contribution is -1.34. The van der Waals surface area contributed by atoms with Crippen LogP contribution in [0.1, 0.15) is 0 Å². The summed E-state index contributed by atoms with van der Waals surface area (Å²) in [5.74, 6) is 0. The van der Waals surface area contributed by atoms with Crippen LogP contribution in [0.15, 0.2) is 0 Å². The largest absolute Gasteiger partial charge is 0.442 e. The van der Waals surface area contributed by atoms with Crippen LogP contribution < -0.4 is 0 Å². The molecule has 0 heterocycles. The summed E-state index contributed by atoms with van der Waals surface area (Å²) in [4.78, 5) is 7.14. The molecule has 0 unspecified atom stereocenters. The van der Waals surface area contributed by atoms with Crippen molar-refractivity contribution in [1.29, 1.82) is 0 Å². The molecule has 0 aromatic heterocycles. The van der Waals surface area contributed by atoms with E-state index in [0.29, 0.717) is 10.5 Å². The van der Waals surface area contributed by atoms with Gasteiger partial charge in [0.1, 0.15) is 10.5 Å². The molecule has 0 saturated heterocycles. The highest BCUT2D eigenvalue weighted by Crippen LogP contribution is 0.711. The molecule has 4 heavy (non-hydrogen) atoms. The van der Waals surface area contributed by atoms with Crippen molar-refractivity contribution in [2.75, 3.05) is 0 Å². The Hall–Kier alpha value is 0.0969. The van der Waals surface area contributed by atoms with Gasteiger partial charge in [0.2, 0.25) is 0 Å². The lowest BCUT2D eigenvalue weighted by Gasteiger charge is -1.25. The van der Waals surface area contributed by atoms with Gasteiger partial charge in [0.05, 0.1) is 0 Å². The normalized spacial score (nSPS) is 3.75. The van der Waals surface area contributed by atoms with Crippen molar-refractivity contribution in [3.05, 3.63) is 0 Å². The second-order valence-corrected chi connectivity index (χ2v) is 0. The highest BCUT2D eigenvalue weighted by Gasteiger charge is 0.891. The molecule has 0 aliphatic heterocycles. The molecule has 0 atom stereocenters. The lowest BCUT2D eigenvalue weighted by atomic mass is 15.0. The quantitative estimate of drug-likeness (QED) is 0.185. The molecular weight excluding hydrogens is 76.1 g/mol. The molecular formula is H6O3Si. The van der Waals surface area contributed by atoms with E-state index in [9.17, 15) is 0 Å². The number of hydrogen-bond acceptors (Lipinski definition) is 3. The standard InChI is InChI=1S/H2O2.H4OSi/c2*1-2/h1-2H;1H,2H3. The van der Waals surface area contributed by atoms with Crippen LogP contribution in [0.2, 0.25) is 0 Å². The molecule has 0 aromatic carbocycles. The topological polar surface area (TPSA) is 60.7 Å². The summed E-state index contributed by atoms with van der Waals surface area (Å²) in [6.07, 6.45) is 0. The van der Waals surface area contributed by atoms with Crippen molar-refractivity contribution in [2.24, 2.45) is 0 Å². The van der Waals surface area contributed by atoms with E-state index in [0.717, 1.165) is 0 Å². The zero-order chi connectivity index (χ0) is 4.00. The Labute approximate surface area is 27.0 Å². The van der Waals surface area contributed by atoms with Crippen molar-refractivity contribution in [3.63, 3.8) is 0 Å². The Morgan fingerprint density at radius 1 is 1.00 bits per heavy atom. The maximum Gasteiger partial charge on any atom is 0.141 e. The minimum atomic E-state index is 0.306. The highest BCUT2D eigenvalue weighted by molar-refractivity contribution is 5.95. The number of hydrogen-bond donors (Lipinski definition) is 3. The molecule has 3 nitrogen and oxygen atoms in total. The fraction of sp³-hybridized carbons (Fsp3) is 0. The second-order valence-electron chi connectivity index (χ2n) is 0. The van der Waals surface area contributed by atoms with E-state index in [1.807, 2.05) is 0 Å². The molecule has 0 aliphatic carbocycles. The Balaban J connectivity index is 0. The molecule has 4 heteroatoms. The maximum absolute atomic E-state index is 7.14. The van der Waals surface area contributed by atoms with Crippen molar-refractivity contribution < 1.29 is 15.3 Å². The van der Waals surface area contributed by atoms with Crippen molar-refractivity contribution in [2.45, 2.75) is 0 Å². The van der Waals surface area contributed by atoms with Gasteiger partial charge >= 0.3 is 0 Å². The van der Waals surface area contributed by atoms with E-state index >= 15 is 0 Å². The summed E-state index contributed by atoms with van der Waals surface area (Å²) in [7, 11) is 0.306. The van der Waals surface area contributed by atoms with E-state index in [4.69, 9.17) is 15.3 Å². The Bertz CT molecular complexity index is 3.25. The van der Waals surface area contributed by atoms with Crippen LogP contribution in [-0.4, -0.2) is 25.8 Å². The first-order valence-electron chi connectivity index (χ1n) is 0.647. The third-order valence-electron chi connectivity index (χ3n) is 0. The van der Waals surface area contributed by atoms with Crippen molar-refractivity contribution in [3.8, 4) is 0 Å². The zero-order valence-electron chi connectivity index (χ0n) is 2.34. The van der Waals surface area contributed by atoms with E-state index in [1.165, 1.54) is 0 Å². The van der Waals surface area contributed by atoms with Crippen LogP contribution in [0.5, 0.6) is 0 Å². The zero-order valence-corrected chi connectivity index (χ0v) is 4.34. The molecule has 3 N–H and O–H groups in total. The van der Waals surface area contributed by atoms with Gasteiger partial charge in [0, 0.05) is 0 Å². The van der Waals surface area contributed by atoms with Gasteiger partial charge in [-0.1, -0.05) is 0 Å². The third kappa shape index (κ3) is 269. The third-order valence-corrected chi connectivity index (χ3v) is 0. The fourth-order valence-electron chi connectivity index (χ4n) is 0. The molecule has 0 radical (unpaired) electrons. The highest BCUT2D eigenvalue weighted by atomic mass is 28.2. The van der Waals surface area contributed by atoms with Gasteiger partial charge in [-0.25, -0.2) is 0 Å². The minimum Gasteiger partial charge on any atom is -0.442 e. The van der Waals surface area contributed by atoms with Gasteiger partial charge in [-0.15, -0.1) is 0 Å². The summed E-state index contributed by atoms with van der Waals surface area (Å²) < 4.78 is 0. The van der Waals surface area contributed by atoms with Crippen LogP contribution in [-0.2, 0) is 0 Å². The molecule has 0 aromatic rings. The van der Waals surface area contributed by atoms with E-state index in [-0.39, 0.29) is 0 Å². The van der Waals surface area contributed by atoms with Gasteiger partial charge in [0.15, 0.2) is 0 Å². The molecule has 0 amide bonds. The Morgan fingerprint density at radius 2 is 1.00 bits per heavy atom. The smallest absolute Gasteiger partial charge is 0.141 e. The summed E-state index contributed by atoms with van der Waals surface area (Å²) in [5.41, 5.74) is 0. The van der Waals surface area contributed by atoms with Gasteiger partial charge in [0.25, 0.3) is 0 Å². The van der Waals surface area contributed by atoms with E-state index < -0.39 is 0 Å². The first-order chi connectivity index (χ1) is 2.00. The molecule has 0 spiro atoms. The van der Waals surface area contributed by atoms with Crippen LogP contribution in [0.3, 0.4) is 0 Å². The fourth-order valence-corrected chi connectivity index (χ4v) is 0. The molecule has 0 fully saturated rings. The van der Waals surface area contributed by atoms with Crippen LogP contribution in [0, 0.1) is 0 Å². The van der Waals surface area contributed by atoms with Crippen LogP contribution >= 0.6 is 0 Å². The average Bonchev–Trinajstić information content (AvgIpc) is 1.50. The summed E-state index contributed by atoms with van der Waals surface area (Å²) in [6, 6.07) is 0. The first kappa shape index (κ1) is 8.94. The summed E-state index contributed by atoms with van der Waals surface area (Å²) in [6.45, 7) is 0. The monoisotopic (exact) mass is 82.0 g/mol. The van der Waals surface area contributed by atoms with Crippen LogP contribution in [0.25, 0.3) is 0 Å². The molecule has 0 bridgehead atoms. The van der Waals surface area contributed by atoms with Gasteiger partial charge in [-0.05, 0) is 0 Å². The van der Waals surface area contributed by atoms with E-state index in [1.54, 1.807) is 0 Å². The molecule has 28 valence electrons. The van der Waals surface area contributed by atoms with Gasteiger partial charge in [-0.2, -0.15) is 0 Å². The van der Waals surface area contributed by atoms with E-state index in [2.05, 4.69) is 0 Å². The summed E-state index contributed by atoms with van der Waals surface area (Å²) in [5, 5.41) is 12.0. The van der Waals surface area contributed by atoms with Gasteiger partial charge in [-0.3, -0.25) is 10.5 Å². The predicted octanol–water partition coefficient (Wildman–Crippen LogP) is -1.72. The Morgan fingerprint density at radius 3 is 1.00 bits per heavy atom. The van der Waals surface area contributed by atoms with Crippen molar-refractivity contribution in [1.82, 2.24) is 0 Å². The van der Waals surface area contributed by atoms with Gasteiger partial charge < -0.3 is 4.80 Å². The van der Waals surface area contributed by atoms with Crippen molar-refractivity contribution >= 4 is 10.5 Å². The predicted molar refractivity (Wildman–Crippen MR) is 17.4 cm³/mol. The molecule has 0 aliphatic rings. The van der Waals surface area contributed by atoms with Crippen LogP contribution in [0.4, 0.5) is 0 Å².